The zero-order chi connectivity index (χ0) is 19.8. The van der Waals surface area contributed by atoms with Gasteiger partial charge < -0.3 is 10.2 Å². The summed E-state index contributed by atoms with van der Waals surface area (Å²) in [6.45, 7) is 3.53. The normalized spacial score (nSPS) is 15.1. The number of hydrogen-bond acceptors (Lipinski definition) is 3. The molecule has 0 aliphatic carbocycles. The third-order valence-electron chi connectivity index (χ3n) is 5.37. The number of nitrogens with one attached hydrogen (secondary N) is 1. The highest BCUT2D eigenvalue weighted by molar-refractivity contribution is 5.97. The Kier molecular flexibility index (Phi) is 6.86. The Balaban J connectivity index is 1.54. The van der Waals surface area contributed by atoms with Crippen molar-refractivity contribution in [2.75, 3.05) is 18.4 Å². The molecule has 0 bridgehead atoms. The van der Waals surface area contributed by atoms with E-state index in [-0.39, 0.29) is 11.5 Å². The Morgan fingerprint density at radius 3 is 2.39 bits per heavy atom. The Bertz CT molecular complexity index is 842. The minimum Gasteiger partial charge on any atom is -0.360 e. The number of aryl methyl sites for hydroxylation is 1. The second kappa shape index (κ2) is 9.75. The Hall–Kier alpha value is -3.06. The van der Waals surface area contributed by atoms with Crippen LogP contribution >= 0.6 is 0 Å². The fraction of sp³-hybridized carbons (Fsp3) is 0.333. The van der Waals surface area contributed by atoms with Gasteiger partial charge in [-0.15, -0.1) is 0 Å². The van der Waals surface area contributed by atoms with Gasteiger partial charge in [-0.3, -0.25) is 4.79 Å². The molecule has 1 aliphatic rings. The summed E-state index contributed by atoms with van der Waals surface area (Å²) < 4.78 is 0. The third kappa shape index (κ3) is 5.23. The molecule has 28 heavy (non-hydrogen) atoms. The first-order valence-corrected chi connectivity index (χ1v) is 9.98. The number of anilines is 1. The first-order chi connectivity index (χ1) is 13.7. The zero-order valence-corrected chi connectivity index (χ0v) is 16.4. The van der Waals surface area contributed by atoms with Crippen molar-refractivity contribution in [2.45, 2.75) is 32.6 Å². The summed E-state index contributed by atoms with van der Waals surface area (Å²) in [5, 5.41) is 12.5. The predicted molar refractivity (Wildman–Crippen MR) is 113 cm³/mol. The first-order valence-electron chi connectivity index (χ1n) is 9.98. The van der Waals surface area contributed by atoms with Gasteiger partial charge in [0.15, 0.2) is 0 Å². The molecule has 0 radical (unpaired) electrons. The van der Waals surface area contributed by atoms with Gasteiger partial charge in [0.05, 0.1) is 0 Å². The highest BCUT2D eigenvalue weighted by Gasteiger charge is 2.25. The molecule has 4 nitrogen and oxygen atoms in total. The van der Waals surface area contributed by atoms with Gasteiger partial charge in [0.2, 0.25) is 0 Å². The standard InChI is InChI=1S/C24H27N3O/c1-2-19-8-10-23(11-9-19)26-18-22(17-25)24(28)27-14-12-21(13-15-27)16-20-6-4-3-5-7-20/h3-11,18,21,26H,2,12-16H2,1H3/b22-18-. The van der Waals surface area contributed by atoms with Gasteiger partial charge >= 0.3 is 0 Å². The fourth-order valence-corrected chi connectivity index (χ4v) is 3.59. The summed E-state index contributed by atoms with van der Waals surface area (Å²) in [5.41, 5.74) is 3.63. The van der Waals surface area contributed by atoms with Crippen LogP contribution in [0.4, 0.5) is 5.69 Å². The van der Waals surface area contributed by atoms with E-state index in [1.165, 1.54) is 17.3 Å². The Labute approximate surface area is 167 Å². The summed E-state index contributed by atoms with van der Waals surface area (Å²) in [7, 11) is 0. The van der Waals surface area contributed by atoms with Crippen molar-refractivity contribution in [1.29, 1.82) is 5.26 Å². The van der Waals surface area contributed by atoms with Crippen molar-refractivity contribution in [3.63, 3.8) is 0 Å². The second-order valence-electron chi connectivity index (χ2n) is 7.29. The van der Waals surface area contributed by atoms with Crippen LogP contribution in [0, 0.1) is 17.2 Å². The van der Waals surface area contributed by atoms with Gasteiger partial charge in [0.1, 0.15) is 11.6 Å². The minimum atomic E-state index is -0.182. The van der Waals surface area contributed by atoms with E-state index in [4.69, 9.17) is 0 Å². The topological polar surface area (TPSA) is 56.1 Å². The van der Waals surface area contributed by atoms with E-state index >= 15 is 0 Å². The highest BCUT2D eigenvalue weighted by Crippen LogP contribution is 2.22. The van der Waals surface area contributed by atoms with Crippen molar-refractivity contribution in [1.82, 2.24) is 4.90 Å². The lowest BCUT2D eigenvalue weighted by Gasteiger charge is -2.32. The van der Waals surface area contributed by atoms with Gasteiger partial charge in [-0.25, -0.2) is 0 Å². The Morgan fingerprint density at radius 2 is 1.79 bits per heavy atom. The summed E-state index contributed by atoms with van der Waals surface area (Å²) in [5.74, 6) is 0.412. The maximum atomic E-state index is 12.7. The molecule has 3 rings (SSSR count). The number of nitrogens with zero attached hydrogens (tertiary/aromatic N) is 2. The molecule has 0 saturated carbocycles. The molecule has 1 fully saturated rings. The molecule has 1 amide bonds. The SMILES string of the molecule is CCc1ccc(N/C=C(/C#N)C(=O)N2CCC(Cc3ccccc3)CC2)cc1. The molecule has 0 spiro atoms. The first kappa shape index (κ1) is 19.7. The van der Waals surface area contributed by atoms with Crippen LogP contribution in [0.5, 0.6) is 0 Å². The predicted octanol–water partition coefficient (Wildman–Crippen LogP) is 4.55. The number of rotatable bonds is 6. The van der Waals surface area contributed by atoms with E-state index in [1.807, 2.05) is 30.3 Å². The molecule has 4 heteroatoms. The minimum absolute atomic E-state index is 0.154. The van der Waals surface area contributed by atoms with Gasteiger partial charge in [-0.1, -0.05) is 49.4 Å². The molecule has 1 heterocycles. The van der Waals surface area contributed by atoms with Gasteiger partial charge in [-0.2, -0.15) is 5.26 Å². The average Bonchev–Trinajstić information content (AvgIpc) is 2.75. The summed E-state index contributed by atoms with van der Waals surface area (Å²) in [6.07, 6.45) is 5.52. The maximum Gasteiger partial charge on any atom is 0.266 e. The largest absolute Gasteiger partial charge is 0.360 e. The molecule has 144 valence electrons. The fourth-order valence-electron chi connectivity index (χ4n) is 3.59. The summed E-state index contributed by atoms with van der Waals surface area (Å²) in [6, 6.07) is 20.6. The Morgan fingerprint density at radius 1 is 1.11 bits per heavy atom. The van der Waals surface area contributed by atoms with Crippen LogP contribution in [-0.4, -0.2) is 23.9 Å². The number of piperidine rings is 1. The average molecular weight is 374 g/mol. The van der Waals surface area contributed by atoms with Crippen LogP contribution < -0.4 is 5.32 Å². The van der Waals surface area contributed by atoms with Crippen LogP contribution in [0.1, 0.15) is 30.9 Å². The molecular formula is C24H27N3O. The molecule has 0 aromatic heterocycles. The van der Waals surface area contributed by atoms with Crippen LogP contribution in [0.15, 0.2) is 66.4 Å². The van der Waals surface area contributed by atoms with Crippen molar-refractivity contribution in [3.8, 4) is 6.07 Å². The molecule has 0 unspecified atom stereocenters. The monoisotopic (exact) mass is 373 g/mol. The lowest BCUT2D eigenvalue weighted by Crippen LogP contribution is -2.39. The number of carbonyl (C=O) groups excluding carboxylic acids is 1. The molecule has 0 atom stereocenters. The van der Waals surface area contributed by atoms with E-state index in [9.17, 15) is 10.1 Å². The molecule has 1 saturated heterocycles. The number of benzene rings is 2. The van der Waals surface area contributed by atoms with Crippen molar-refractivity contribution in [3.05, 3.63) is 77.5 Å². The van der Waals surface area contributed by atoms with E-state index in [1.54, 1.807) is 4.90 Å². The third-order valence-corrected chi connectivity index (χ3v) is 5.37. The van der Waals surface area contributed by atoms with E-state index in [0.29, 0.717) is 19.0 Å². The van der Waals surface area contributed by atoms with Gasteiger partial charge in [-0.05, 0) is 54.9 Å². The molecule has 2 aromatic carbocycles. The number of nitriles is 1. The number of carbonyl (C=O) groups is 1. The van der Waals surface area contributed by atoms with E-state index in [2.05, 4.69) is 42.6 Å². The molecule has 1 N–H and O–H groups in total. The molecular weight excluding hydrogens is 346 g/mol. The summed E-state index contributed by atoms with van der Waals surface area (Å²) >= 11 is 0. The lowest BCUT2D eigenvalue weighted by atomic mass is 9.90. The van der Waals surface area contributed by atoms with Crippen LogP contribution in [0.25, 0.3) is 0 Å². The molecule has 2 aromatic rings. The van der Waals surface area contributed by atoms with E-state index in [0.717, 1.165) is 31.4 Å². The van der Waals surface area contributed by atoms with Crippen molar-refractivity contribution >= 4 is 11.6 Å². The summed E-state index contributed by atoms with van der Waals surface area (Å²) in [4.78, 5) is 14.5. The van der Waals surface area contributed by atoms with E-state index < -0.39 is 0 Å². The number of amides is 1. The van der Waals surface area contributed by atoms with Gasteiger partial charge in [0, 0.05) is 25.0 Å². The highest BCUT2D eigenvalue weighted by atomic mass is 16.2. The maximum absolute atomic E-state index is 12.7. The van der Waals surface area contributed by atoms with Crippen LogP contribution in [0.2, 0.25) is 0 Å². The van der Waals surface area contributed by atoms with Crippen molar-refractivity contribution < 1.29 is 4.79 Å². The quantitative estimate of drug-likeness (QED) is 0.597. The van der Waals surface area contributed by atoms with Crippen LogP contribution in [-0.2, 0) is 17.6 Å². The van der Waals surface area contributed by atoms with Crippen LogP contribution in [0.3, 0.4) is 0 Å². The zero-order valence-electron chi connectivity index (χ0n) is 16.4. The van der Waals surface area contributed by atoms with Gasteiger partial charge in [0.25, 0.3) is 5.91 Å². The molecule has 1 aliphatic heterocycles. The smallest absolute Gasteiger partial charge is 0.266 e. The number of likely N-dealkylation sites (tertiary alicyclic amines) is 1. The van der Waals surface area contributed by atoms with Crippen molar-refractivity contribution in [2.24, 2.45) is 5.92 Å². The second-order valence-corrected chi connectivity index (χ2v) is 7.29. The number of hydrogen-bond donors (Lipinski definition) is 1. The lowest BCUT2D eigenvalue weighted by molar-refractivity contribution is -0.128.